The second-order valence-electron chi connectivity index (χ2n) is 3.82. The first-order valence-electron chi connectivity index (χ1n) is 5.58. The Kier molecular flexibility index (Phi) is 4.73. The predicted molar refractivity (Wildman–Crippen MR) is 74.1 cm³/mol. The summed E-state index contributed by atoms with van der Waals surface area (Å²) in [6, 6.07) is 11.6. The van der Waals surface area contributed by atoms with Crippen molar-refractivity contribution in [2.45, 2.75) is 11.9 Å². The van der Waals surface area contributed by atoms with E-state index in [9.17, 15) is 0 Å². The first-order chi connectivity index (χ1) is 8.81. The molecule has 0 saturated carbocycles. The molecular formula is C14H14BrNO2. The maximum Gasteiger partial charge on any atom is 0.219 e. The lowest BCUT2D eigenvalue weighted by Gasteiger charge is -2.06. The van der Waals surface area contributed by atoms with Crippen LogP contribution in [0.1, 0.15) is 11.1 Å². The molecule has 0 saturated heterocycles. The van der Waals surface area contributed by atoms with Gasteiger partial charge in [-0.05, 0) is 23.3 Å². The molecule has 0 aliphatic heterocycles. The van der Waals surface area contributed by atoms with Crippen molar-refractivity contribution in [3.8, 4) is 11.6 Å². The van der Waals surface area contributed by atoms with Crippen molar-refractivity contribution >= 4 is 15.9 Å². The van der Waals surface area contributed by atoms with Crippen LogP contribution in [0.3, 0.4) is 0 Å². The Labute approximate surface area is 115 Å². The van der Waals surface area contributed by atoms with E-state index in [2.05, 4.69) is 20.9 Å². The van der Waals surface area contributed by atoms with Gasteiger partial charge in [-0.15, -0.1) is 0 Å². The first kappa shape index (κ1) is 13.1. The zero-order chi connectivity index (χ0) is 12.8. The summed E-state index contributed by atoms with van der Waals surface area (Å²) in [5.74, 6) is 1.36. The van der Waals surface area contributed by atoms with Gasteiger partial charge < -0.3 is 9.47 Å². The minimum Gasteiger partial charge on any atom is -0.439 e. The topological polar surface area (TPSA) is 31.4 Å². The smallest absolute Gasteiger partial charge is 0.219 e. The van der Waals surface area contributed by atoms with Crippen molar-refractivity contribution in [3.05, 3.63) is 53.7 Å². The summed E-state index contributed by atoms with van der Waals surface area (Å²) in [6.07, 6.45) is 1.79. The number of methoxy groups -OCH3 is 1. The van der Waals surface area contributed by atoms with Gasteiger partial charge in [0.2, 0.25) is 5.88 Å². The molecule has 0 fully saturated rings. The number of hydrogen-bond donors (Lipinski definition) is 0. The molecule has 2 rings (SSSR count). The van der Waals surface area contributed by atoms with Gasteiger partial charge in [-0.25, -0.2) is 4.98 Å². The number of hydrogen-bond acceptors (Lipinski definition) is 3. The van der Waals surface area contributed by atoms with Crippen LogP contribution in [0.25, 0.3) is 0 Å². The van der Waals surface area contributed by atoms with Gasteiger partial charge in [-0.1, -0.05) is 34.1 Å². The molecule has 94 valence electrons. The zero-order valence-electron chi connectivity index (χ0n) is 10.1. The fourth-order valence-electron chi connectivity index (χ4n) is 1.54. The molecule has 2 aromatic rings. The normalized spacial score (nSPS) is 10.3. The maximum atomic E-state index is 5.68. The molecule has 0 atom stereocenters. The van der Waals surface area contributed by atoms with E-state index in [1.165, 1.54) is 0 Å². The van der Waals surface area contributed by atoms with Crippen LogP contribution < -0.4 is 4.74 Å². The number of nitrogens with zero attached hydrogens (tertiary/aromatic N) is 1. The Hall–Kier alpha value is -1.39. The molecule has 1 heterocycles. The zero-order valence-corrected chi connectivity index (χ0v) is 11.7. The molecule has 0 aliphatic rings. The van der Waals surface area contributed by atoms with Crippen LogP contribution in [0.2, 0.25) is 0 Å². The van der Waals surface area contributed by atoms with Gasteiger partial charge in [0, 0.05) is 24.7 Å². The Morgan fingerprint density at radius 3 is 2.72 bits per heavy atom. The third-order valence-electron chi connectivity index (χ3n) is 2.38. The Bertz CT molecular complexity index is 499. The van der Waals surface area contributed by atoms with E-state index in [1.54, 1.807) is 13.3 Å². The van der Waals surface area contributed by atoms with Crippen molar-refractivity contribution in [1.29, 1.82) is 0 Å². The Balaban J connectivity index is 2.09. The highest BCUT2D eigenvalue weighted by Crippen LogP contribution is 2.21. The summed E-state index contributed by atoms with van der Waals surface area (Å²) in [6.45, 7) is 0.577. The average molecular weight is 308 g/mol. The highest BCUT2D eigenvalue weighted by Gasteiger charge is 2.00. The molecule has 0 N–H and O–H groups in total. The van der Waals surface area contributed by atoms with Gasteiger partial charge in [0.1, 0.15) is 5.75 Å². The maximum absolute atomic E-state index is 5.68. The summed E-state index contributed by atoms with van der Waals surface area (Å²) in [4.78, 5) is 4.24. The third-order valence-corrected chi connectivity index (χ3v) is 3.03. The fraction of sp³-hybridized carbons (Fsp3) is 0.214. The van der Waals surface area contributed by atoms with Crippen molar-refractivity contribution in [2.75, 3.05) is 7.11 Å². The summed E-state index contributed by atoms with van der Waals surface area (Å²) in [5, 5.41) is 0.795. The van der Waals surface area contributed by atoms with Gasteiger partial charge in [-0.2, -0.15) is 0 Å². The van der Waals surface area contributed by atoms with E-state index in [0.29, 0.717) is 12.5 Å². The molecule has 3 nitrogen and oxygen atoms in total. The average Bonchev–Trinajstić information content (AvgIpc) is 2.40. The van der Waals surface area contributed by atoms with Gasteiger partial charge in [0.25, 0.3) is 0 Å². The molecular weight excluding hydrogens is 294 g/mol. The summed E-state index contributed by atoms with van der Waals surface area (Å²) >= 11 is 3.38. The standard InChI is InChI=1S/C14H14BrNO2/c1-17-10-11-3-2-4-13(7-11)18-14-6-5-12(8-15)9-16-14/h2-7,9H,8,10H2,1H3. The van der Waals surface area contributed by atoms with Crippen LogP contribution in [-0.2, 0) is 16.7 Å². The quantitative estimate of drug-likeness (QED) is 0.785. The van der Waals surface area contributed by atoms with Crippen LogP contribution >= 0.6 is 15.9 Å². The number of pyridine rings is 1. The van der Waals surface area contributed by atoms with Gasteiger partial charge >= 0.3 is 0 Å². The lowest BCUT2D eigenvalue weighted by molar-refractivity contribution is 0.184. The number of halogens is 1. The summed E-state index contributed by atoms with van der Waals surface area (Å²) in [5.41, 5.74) is 2.20. The first-order valence-corrected chi connectivity index (χ1v) is 6.70. The van der Waals surface area contributed by atoms with E-state index < -0.39 is 0 Å². The molecule has 0 unspecified atom stereocenters. The highest BCUT2D eigenvalue weighted by atomic mass is 79.9. The number of alkyl halides is 1. The predicted octanol–water partition coefficient (Wildman–Crippen LogP) is 3.92. The number of rotatable bonds is 5. The number of benzene rings is 1. The van der Waals surface area contributed by atoms with Crippen molar-refractivity contribution in [1.82, 2.24) is 4.98 Å². The van der Waals surface area contributed by atoms with Gasteiger partial charge in [0.05, 0.1) is 6.61 Å². The highest BCUT2D eigenvalue weighted by molar-refractivity contribution is 9.08. The molecule has 0 radical (unpaired) electrons. The molecule has 0 aliphatic carbocycles. The summed E-state index contributed by atoms with van der Waals surface area (Å²) in [7, 11) is 1.67. The number of ether oxygens (including phenoxy) is 2. The lowest BCUT2D eigenvalue weighted by Crippen LogP contribution is -1.91. The van der Waals surface area contributed by atoms with Crippen LogP contribution in [-0.4, -0.2) is 12.1 Å². The molecule has 1 aromatic carbocycles. The molecule has 4 heteroatoms. The van der Waals surface area contributed by atoms with Gasteiger partial charge in [0.15, 0.2) is 0 Å². The van der Waals surface area contributed by atoms with Crippen molar-refractivity contribution < 1.29 is 9.47 Å². The van der Waals surface area contributed by atoms with E-state index in [0.717, 1.165) is 22.2 Å². The van der Waals surface area contributed by atoms with E-state index in [4.69, 9.17) is 9.47 Å². The van der Waals surface area contributed by atoms with Crippen molar-refractivity contribution in [2.24, 2.45) is 0 Å². The van der Waals surface area contributed by atoms with E-state index in [-0.39, 0.29) is 0 Å². The second-order valence-corrected chi connectivity index (χ2v) is 4.38. The fourth-order valence-corrected chi connectivity index (χ4v) is 1.87. The molecule has 0 bridgehead atoms. The summed E-state index contributed by atoms with van der Waals surface area (Å²) < 4.78 is 10.8. The third kappa shape index (κ3) is 3.55. The SMILES string of the molecule is COCc1cccc(Oc2ccc(CBr)cn2)c1. The van der Waals surface area contributed by atoms with Crippen LogP contribution in [0.15, 0.2) is 42.6 Å². The molecule has 0 spiro atoms. The van der Waals surface area contributed by atoms with Crippen LogP contribution in [0.4, 0.5) is 0 Å². The molecule has 1 aromatic heterocycles. The lowest BCUT2D eigenvalue weighted by atomic mass is 10.2. The minimum absolute atomic E-state index is 0.577. The van der Waals surface area contributed by atoms with Crippen LogP contribution in [0.5, 0.6) is 11.6 Å². The molecule has 18 heavy (non-hydrogen) atoms. The molecule has 0 amide bonds. The largest absolute Gasteiger partial charge is 0.439 e. The van der Waals surface area contributed by atoms with Crippen LogP contribution in [0, 0.1) is 0 Å². The Morgan fingerprint density at radius 2 is 2.06 bits per heavy atom. The Morgan fingerprint density at radius 1 is 1.17 bits per heavy atom. The van der Waals surface area contributed by atoms with E-state index in [1.807, 2.05) is 36.4 Å². The van der Waals surface area contributed by atoms with Gasteiger partial charge in [-0.3, -0.25) is 0 Å². The monoisotopic (exact) mass is 307 g/mol. The van der Waals surface area contributed by atoms with E-state index >= 15 is 0 Å². The second kappa shape index (κ2) is 6.52. The number of aromatic nitrogens is 1. The van der Waals surface area contributed by atoms with Crippen molar-refractivity contribution in [3.63, 3.8) is 0 Å². The minimum atomic E-state index is 0.577.